The largest absolute Gasteiger partial charge is 0.490 e. The standard InChI is InChI=1S/C17H24N2O3S/c1-14(2)23(20,21)12-11-19-9-7-17(8-10-19)22-16-5-3-15(13-18)4-6-16/h3-6,14,17H,7-12H2,1-2H3. The summed E-state index contributed by atoms with van der Waals surface area (Å²) >= 11 is 0. The lowest BCUT2D eigenvalue weighted by Crippen LogP contribution is -2.41. The van der Waals surface area contributed by atoms with Crippen LogP contribution in [0.15, 0.2) is 24.3 Å². The molecular weight excluding hydrogens is 312 g/mol. The van der Waals surface area contributed by atoms with E-state index in [1.807, 2.05) is 12.1 Å². The van der Waals surface area contributed by atoms with Crippen LogP contribution in [0, 0.1) is 11.3 Å². The van der Waals surface area contributed by atoms with Crippen LogP contribution >= 0.6 is 0 Å². The van der Waals surface area contributed by atoms with Gasteiger partial charge < -0.3 is 9.64 Å². The van der Waals surface area contributed by atoms with Crippen LogP contribution in [0.5, 0.6) is 5.75 Å². The molecule has 126 valence electrons. The third-order valence-electron chi connectivity index (χ3n) is 4.23. The average Bonchev–Trinajstić information content (AvgIpc) is 2.55. The first kappa shape index (κ1) is 17.8. The van der Waals surface area contributed by atoms with Gasteiger partial charge in [0.15, 0.2) is 9.84 Å². The van der Waals surface area contributed by atoms with Crippen molar-refractivity contribution in [3.63, 3.8) is 0 Å². The van der Waals surface area contributed by atoms with E-state index in [1.165, 1.54) is 0 Å². The lowest BCUT2D eigenvalue weighted by atomic mass is 10.1. The average molecular weight is 336 g/mol. The van der Waals surface area contributed by atoms with E-state index < -0.39 is 9.84 Å². The van der Waals surface area contributed by atoms with Gasteiger partial charge in [0.25, 0.3) is 0 Å². The molecule has 0 bridgehead atoms. The lowest BCUT2D eigenvalue weighted by molar-refractivity contribution is 0.104. The van der Waals surface area contributed by atoms with Gasteiger partial charge in [-0.25, -0.2) is 8.42 Å². The number of rotatable bonds is 6. The molecule has 0 saturated carbocycles. The number of benzene rings is 1. The highest BCUT2D eigenvalue weighted by Crippen LogP contribution is 2.19. The number of nitrogens with zero attached hydrogens (tertiary/aromatic N) is 2. The van der Waals surface area contributed by atoms with Gasteiger partial charge in [-0.15, -0.1) is 0 Å². The molecule has 1 fully saturated rings. The second-order valence-corrected chi connectivity index (χ2v) is 8.89. The Bertz CT molecular complexity index is 639. The Labute approximate surface area is 138 Å². The Hall–Kier alpha value is -1.58. The van der Waals surface area contributed by atoms with Crippen molar-refractivity contribution in [3.8, 4) is 11.8 Å². The SMILES string of the molecule is CC(C)S(=O)(=O)CCN1CCC(Oc2ccc(C#N)cc2)CC1. The zero-order chi connectivity index (χ0) is 16.9. The van der Waals surface area contributed by atoms with Crippen molar-refractivity contribution in [2.75, 3.05) is 25.4 Å². The molecule has 0 unspecified atom stereocenters. The Morgan fingerprint density at radius 2 is 1.87 bits per heavy atom. The normalized spacial score (nSPS) is 17.1. The summed E-state index contributed by atoms with van der Waals surface area (Å²) in [6, 6.07) is 9.23. The van der Waals surface area contributed by atoms with Crippen molar-refractivity contribution < 1.29 is 13.2 Å². The lowest BCUT2D eigenvalue weighted by Gasteiger charge is -2.32. The predicted molar refractivity (Wildman–Crippen MR) is 90.2 cm³/mol. The minimum Gasteiger partial charge on any atom is -0.490 e. The molecule has 0 spiro atoms. The second-order valence-electron chi connectivity index (χ2n) is 6.21. The van der Waals surface area contributed by atoms with Gasteiger partial charge >= 0.3 is 0 Å². The molecule has 23 heavy (non-hydrogen) atoms. The van der Waals surface area contributed by atoms with E-state index in [9.17, 15) is 8.42 Å². The minimum atomic E-state index is -2.97. The molecule has 1 aromatic carbocycles. The highest BCUT2D eigenvalue weighted by atomic mass is 32.2. The number of hydrogen-bond donors (Lipinski definition) is 0. The van der Waals surface area contributed by atoms with E-state index >= 15 is 0 Å². The predicted octanol–water partition coefficient (Wildman–Crippen LogP) is 2.22. The van der Waals surface area contributed by atoms with Crippen molar-refractivity contribution in [1.29, 1.82) is 5.26 Å². The molecule has 1 aliphatic heterocycles. The molecule has 1 aliphatic rings. The first-order chi connectivity index (χ1) is 10.9. The molecule has 0 atom stereocenters. The van der Waals surface area contributed by atoms with E-state index in [4.69, 9.17) is 10.00 Å². The summed E-state index contributed by atoms with van der Waals surface area (Å²) in [5.41, 5.74) is 0.624. The van der Waals surface area contributed by atoms with Gasteiger partial charge in [0.1, 0.15) is 11.9 Å². The van der Waals surface area contributed by atoms with Crippen molar-refractivity contribution >= 4 is 9.84 Å². The van der Waals surface area contributed by atoms with E-state index in [0.29, 0.717) is 12.1 Å². The summed E-state index contributed by atoms with van der Waals surface area (Å²) in [6.07, 6.45) is 1.93. The Kier molecular flexibility index (Phi) is 6.03. The van der Waals surface area contributed by atoms with Crippen LogP contribution in [0.2, 0.25) is 0 Å². The van der Waals surface area contributed by atoms with Crippen LogP contribution in [0.1, 0.15) is 32.3 Å². The number of hydrogen-bond acceptors (Lipinski definition) is 5. The van der Waals surface area contributed by atoms with Crippen LogP contribution in [0.3, 0.4) is 0 Å². The molecule has 1 aromatic rings. The quantitative estimate of drug-likeness (QED) is 0.796. The van der Waals surface area contributed by atoms with Crippen molar-refractivity contribution in [2.24, 2.45) is 0 Å². The number of likely N-dealkylation sites (tertiary alicyclic amines) is 1. The number of piperidine rings is 1. The second kappa shape index (κ2) is 7.80. The first-order valence-electron chi connectivity index (χ1n) is 8.01. The van der Waals surface area contributed by atoms with Crippen LogP contribution in [-0.4, -0.2) is 50.1 Å². The van der Waals surface area contributed by atoms with E-state index in [-0.39, 0.29) is 17.1 Å². The zero-order valence-electron chi connectivity index (χ0n) is 13.7. The fraction of sp³-hybridized carbons (Fsp3) is 0.588. The van der Waals surface area contributed by atoms with Crippen LogP contribution in [0.25, 0.3) is 0 Å². The number of nitriles is 1. The summed E-state index contributed by atoms with van der Waals surface area (Å²) in [7, 11) is -2.97. The summed E-state index contributed by atoms with van der Waals surface area (Å²) in [6.45, 7) is 5.77. The third-order valence-corrected chi connectivity index (χ3v) is 6.42. The van der Waals surface area contributed by atoms with Gasteiger partial charge in [-0.3, -0.25) is 0 Å². The van der Waals surface area contributed by atoms with Crippen molar-refractivity contribution in [1.82, 2.24) is 4.90 Å². The summed E-state index contributed by atoms with van der Waals surface area (Å²) in [5, 5.41) is 8.48. The van der Waals surface area contributed by atoms with Crippen LogP contribution in [-0.2, 0) is 9.84 Å². The molecule has 0 aliphatic carbocycles. The van der Waals surface area contributed by atoms with Gasteiger partial charge in [0.05, 0.1) is 22.6 Å². The fourth-order valence-corrected chi connectivity index (χ4v) is 3.53. The Morgan fingerprint density at radius 1 is 1.26 bits per heavy atom. The summed E-state index contributed by atoms with van der Waals surface area (Å²) < 4.78 is 29.6. The molecular formula is C17H24N2O3S. The molecule has 0 amide bonds. The van der Waals surface area contributed by atoms with Crippen LogP contribution in [0.4, 0.5) is 0 Å². The maximum Gasteiger partial charge on any atom is 0.153 e. The zero-order valence-corrected chi connectivity index (χ0v) is 14.6. The van der Waals surface area contributed by atoms with E-state index in [0.717, 1.165) is 31.7 Å². The van der Waals surface area contributed by atoms with Gasteiger partial charge in [-0.1, -0.05) is 0 Å². The molecule has 0 N–H and O–H groups in total. The summed E-state index contributed by atoms with van der Waals surface area (Å²) in [5.74, 6) is 1.01. The molecule has 1 saturated heterocycles. The monoisotopic (exact) mass is 336 g/mol. The highest BCUT2D eigenvalue weighted by molar-refractivity contribution is 7.92. The molecule has 5 nitrogen and oxygen atoms in total. The molecule has 1 heterocycles. The maximum atomic E-state index is 11.9. The van der Waals surface area contributed by atoms with Gasteiger partial charge in [-0.05, 0) is 51.0 Å². The minimum absolute atomic E-state index is 0.154. The van der Waals surface area contributed by atoms with Crippen molar-refractivity contribution in [2.45, 2.75) is 38.0 Å². The van der Waals surface area contributed by atoms with Crippen LogP contribution < -0.4 is 4.74 Å². The van der Waals surface area contributed by atoms with Gasteiger partial charge in [0, 0.05) is 19.6 Å². The highest BCUT2D eigenvalue weighted by Gasteiger charge is 2.23. The first-order valence-corrected chi connectivity index (χ1v) is 9.73. The van der Waals surface area contributed by atoms with Gasteiger partial charge in [0.2, 0.25) is 0 Å². The smallest absolute Gasteiger partial charge is 0.153 e. The number of sulfone groups is 1. The van der Waals surface area contributed by atoms with Gasteiger partial charge in [-0.2, -0.15) is 5.26 Å². The summed E-state index contributed by atoms with van der Waals surface area (Å²) in [4.78, 5) is 2.19. The Morgan fingerprint density at radius 3 is 2.39 bits per heavy atom. The molecule has 2 rings (SSSR count). The van der Waals surface area contributed by atoms with E-state index in [2.05, 4.69) is 11.0 Å². The fourth-order valence-electron chi connectivity index (χ4n) is 2.54. The van der Waals surface area contributed by atoms with Crippen molar-refractivity contribution in [3.05, 3.63) is 29.8 Å². The topological polar surface area (TPSA) is 70.4 Å². The maximum absolute atomic E-state index is 11.9. The Balaban J connectivity index is 1.76. The number of ether oxygens (including phenoxy) is 1. The third kappa shape index (κ3) is 5.22. The van der Waals surface area contributed by atoms with E-state index in [1.54, 1.807) is 26.0 Å². The molecule has 0 radical (unpaired) electrons. The molecule has 0 aromatic heterocycles. The molecule has 6 heteroatoms.